The second-order valence-corrected chi connectivity index (χ2v) is 1.59. The molecule has 0 fully saturated rings. The minimum absolute atomic E-state index is 0.396. The van der Waals surface area contributed by atoms with E-state index in [9.17, 15) is 9.90 Å². The normalized spacial score (nSPS) is 12.9. The summed E-state index contributed by atoms with van der Waals surface area (Å²) in [6.45, 7) is 1.14. The molecule has 0 N–H and O–H groups in total. The molecule has 0 aromatic rings. The van der Waals surface area contributed by atoms with Gasteiger partial charge in [-0.1, -0.05) is 6.92 Å². The average molecular weight is 117 g/mol. The first-order chi connectivity index (χ1) is 3.72. The summed E-state index contributed by atoms with van der Waals surface area (Å²) in [7, 11) is 1.27. The van der Waals surface area contributed by atoms with Crippen LogP contribution in [-0.2, 0) is 9.53 Å². The molecule has 0 heterocycles. The molecule has 0 aromatic heterocycles. The van der Waals surface area contributed by atoms with Crippen LogP contribution < -0.4 is 5.11 Å². The standard InChI is InChI=1S/C5H9O3/c1-4(3-6)5(7)8-2/h4H,3H2,1-2H3/q-1. The van der Waals surface area contributed by atoms with E-state index in [1.54, 1.807) is 6.92 Å². The molecule has 3 nitrogen and oxygen atoms in total. The molecule has 0 aliphatic heterocycles. The lowest BCUT2D eigenvalue weighted by Crippen LogP contribution is -2.24. The molecule has 0 aliphatic carbocycles. The van der Waals surface area contributed by atoms with E-state index in [0.29, 0.717) is 0 Å². The summed E-state index contributed by atoms with van der Waals surface area (Å²) >= 11 is 0. The van der Waals surface area contributed by atoms with Gasteiger partial charge in [0.25, 0.3) is 0 Å². The molecule has 8 heavy (non-hydrogen) atoms. The number of hydrogen-bond acceptors (Lipinski definition) is 3. The van der Waals surface area contributed by atoms with Crippen LogP contribution in [-0.4, -0.2) is 19.7 Å². The lowest BCUT2D eigenvalue weighted by molar-refractivity contribution is -0.375. The highest BCUT2D eigenvalue weighted by atomic mass is 16.5. The summed E-state index contributed by atoms with van der Waals surface area (Å²) in [5.74, 6) is -0.931. The van der Waals surface area contributed by atoms with E-state index >= 15 is 0 Å². The van der Waals surface area contributed by atoms with E-state index in [-0.39, 0.29) is 0 Å². The van der Waals surface area contributed by atoms with Gasteiger partial charge in [0.1, 0.15) is 0 Å². The Labute approximate surface area is 48.3 Å². The number of rotatable bonds is 2. The summed E-state index contributed by atoms with van der Waals surface area (Å²) < 4.78 is 4.26. The summed E-state index contributed by atoms with van der Waals surface area (Å²) in [6.07, 6.45) is 0. The third kappa shape index (κ3) is 1.93. The van der Waals surface area contributed by atoms with E-state index in [1.807, 2.05) is 0 Å². The molecule has 1 atom stereocenters. The zero-order valence-electron chi connectivity index (χ0n) is 5.01. The largest absolute Gasteiger partial charge is 0.854 e. The smallest absolute Gasteiger partial charge is 0.306 e. The van der Waals surface area contributed by atoms with Gasteiger partial charge in [0.05, 0.1) is 7.11 Å². The number of methoxy groups -OCH3 is 1. The minimum Gasteiger partial charge on any atom is -0.854 e. The predicted molar refractivity (Wildman–Crippen MR) is 26.0 cm³/mol. The summed E-state index contributed by atoms with van der Waals surface area (Å²) in [4.78, 5) is 10.3. The lowest BCUT2D eigenvalue weighted by Gasteiger charge is -2.09. The van der Waals surface area contributed by atoms with Crippen molar-refractivity contribution in [2.45, 2.75) is 6.92 Å². The highest BCUT2D eigenvalue weighted by Gasteiger charge is 2.05. The summed E-state index contributed by atoms with van der Waals surface area (Å²) in [5.41, 5.74) is 0. The number of carbonyl (C=O) groups excluding carboxylic acids is 1. The molecule has 3 heteroatoms. The maximum atomic E-state index is 10.3. The molecule has 0 aliphatic rings. The highest BCUT2D eigenvalue weighted by Crippen LogP contribution is 1.91. The summed E-state index contributed by atoms with van der Waals surface area (Å²) in [6, 6.07) is 0. The van der Waals surface area contributed by atoms with E-state index in [4.69, 9.17) is 0 Å². The van der Waals surface area contributed by atoms with Gasteiger partial charge in [-0.2, -0.15) is 0 Å². The molecule has 0 bridgehead atoms. The third-order valence-electron chi connectivity index (χ3n) is 0.854. The van der Waals surface area contributed by atoms with Crippen molar-refractivity contribution in [1.29, 1.82) is 0 Å². The Morgan fingerprint density at radius 1 is 1.88 bits per heavy atom. The van der Waals surface area contributed by atoms with Crippen molar-refractivity contribution in [1.82, 2.24) is 0 Å². The second kappa shape index (κ2) is 3.43. The highest BCUT2D eigenvalue weighted by molar-refractivity contribution is 5.71. The van der Waals surface area contributed by atoms with Crippen molar-refractivity contribution in [2.75, 3.05) is 13.7 Å². The van der Waals surface area contributed by atoms with Gasteiger partial charge in [0, 0.05) is 5.92 Å². The molecule has 48 valence electrons. The van der Waals surface area contributed by atoms with Crippen molar-refractivity contribution in [2.24, 2.45) is 5.92 Å². The zero-order chi connectivity index (χ0) is 6.57. The number of esters is 1. The van der Waals surface area contributed by atoms with Crippen molar-refractivity contribution in [3.8, 4) is 0 Å². The maximum absolute atomic E-state index is 10.3. The topological polar surface area (TPSA) is 49.4 Å². The molecule has 0 spiro atoms. The van der Waals surface area contributed by atoms with Crippen LogP contribution in [0.1, 0.15) is 6.92 Å². The number of hydrogen-bond donors (Lipinski definition) is 0. The van der Waals surface area contributed by atoms with Gasteiger partial charge in [0.2, 0.25) is 0 Å². The molecule has 0 aromatic carbocycles. The molecule has 0 amide bonds. The van der Waals surface area contributed by atoms with Crippen LogP contribution >= 0.6 is 0 Å². The monoisotopic (exact) mass is 117 g/mol. The van der Waals surface area contributed by atoms with Crippen LogP contribution in [0.5, 0.6) is 0 Å². The van der Waals surface area contributed by atoms with Gasteiger partial charge in [-0.05, 0) is 0 Å². The van der Waals surface area contributed by atoms with Crippen LogP contribution in [0, 0.1) is 5.92 Å². The summed E-state index contributed by atoms with van der Waals surface area (Å²) in [5, 5.41) is 9.93. The Kier molecular flexibility index (Phi) is 3.19. The predicted octanol–water partition coefficient (Wildman–Crippen LogP) is -0.844. The molecule has 0 saturated carbocycles. The van der Waals surface area contributed by atoms with Gasteiger partial charge in [-0.3, -0.25) is 4.79 Å². The number of carbonyl (C=O) groups is 1. The maximum Gasteiger partial charge on any atom is 0.306 e. The van der Waals surface area contributed by atoms with Crippen molar-refractivity contribution in [3.63, 3.8) is 0 Å². The SMILES string of the molecule is COC(=O)C(C)C[O-]. The van der Waals surface area contributed by atoms with Gasteiger partial charge < -0.3 is 9.84 Å². The average Bonchev–Trinajstić information content (AvgIpc) is 1.84. The Balaban J connectivity index is 3.46. The molecule has 0 radical (unpaired) electrons. The van der Waals surface area contributed by atoms with Crippen LogP contribution in [0.4, 0.5) is 0 Å². The van der Waals surface area contributed by atoms with Crippen LogP contribution in [0.15, 0.2) is 0 Å². The van der Waals surface area contributed by atoms with Crippen molar-refractivity contribution in [3.05, 3.63) is 0 Å². The second-order valence-electron chi connectivity index (χ2n) is 1.59. The third-order valence-corrected chi connectivity index (χ3v) is 0.854. The quantitative estimate of drug-likeness (QED) is 0.443. The van der Waals surface area contributed by atoms with Crippen LogP contribution in [0.3, 0.4) is 0 Å². The van der Waals surface area contributed by atoms with Gasteiger partial charge >= 0.3 is 5.97 Å². The van der Waals surface area contributed by atoms with Crippen LogP contribution in [0.2, 0.25) is 0 Å². The molecule has 0 rings (SSSR count). The van der Waals surface area contributed by atoms with E-state index in [2.05, 4.69) is 4.74 Å². The fourth-order valence-corrected chi connectivity index (χ4v) is 0.269. The first-order valence-electron chi connectivity index (χ1n) is 2.38. The Morgan fingerprint density at radius 2 is 2.38 bits per heavy atom. The Hall–Kier alpha value is -0.570. The zero-order valence-corrected chi connectivity index (χ0v) is 5.01. The lowest BCUT2D eigenvalue weighted by atomic mass is 10.2. The number of ether oxygens (including phenoxy) is 1. The van der Waals surface area contributed by atoms with Gasteiger partial charge in [-0.25, -0.2) is 0 Å². The molecule has 0 saturated heterocycles. The van der Waals surface area contributed by atoms with Gasteiger partial charge in [0.15, 0.2) is 0 Å². The first kappa shape index (κ1) is 7.43. The van der Waals surface area contributed by atoms with Crippen LogP contribution in [0.25, 0.3) is 0 Å². The van der Waals surface area contributed by atoms with Crippen molar-refractivity contribution >= 4 is 5.97 Å². The van der Waals surface area contributed by atoms with E-state index in [0.717, 1.165) is 0 Å². The fourth-order valence-electron chi connectivity index (χ4n) is 0.269. The Morgan fingerprint density at radius 3 is 2.50 bits per heavy atom. The molecule has 1 unspecified atom stereocenters. The Bertz CT molecular complexity index is 79.7. The fraction of sp³-hybridized carbons (Fsp3) is 0.800. The van der Waals surface area contributed by atoms with Gasteiger partial charge in [-0.15, -0.1) is 6.61 Å². The van der Waals surface area contributed by atoms with E-state index < -0.39 is 18.5 Å². The minimum atomic E-state index is -0.500. The van der Waals surface area contributed by atoms with E-state index in [1.165, 1.54) is 7.11 Å². The first-order valence-corrected chi connectivity index (χ1v) is 2.38. The molecular formula is C5H9O3-. The molecular weight excluding hydrogens is 108 g/mol. The van der Waals surface area contributed by atoms with Crippen molar-refractivity contribution < 1.29 is 14.6 Å².